The molecule has 0 heterocycles. The first-order valence-electron chi connectivity index (χ1n) is 25.1. The lowest BCUT2D eigenvalue weighted by Gasteiger charge is -2.26. The van der Waals surface area contributed by atoms with E-state index < -0.39 is 0 Å². The Morgan fingerprint density at radius 1 is 0.222 bits per heavy atom. The number of aryl methyl sites for hydroxylation is 4. The molecule has 0 atom stereocenters. The van der Waals surface area contributed by atoms with E-state index in [2.05, 4.69) is 268 Å². The van der Waals surface area contributed by atoms with Crippen LogP contribution < -0.4 is 9.80 Å². The van der Waals surface area contributed by atoms with Gasteiger partial charge in [0, 0.05) is 34.1 Å². The van der Waals surface area contributed by atoms with E-state index in [0.717, 1.165) is 34.1 Å². The van der Waals surface area contributed by atoms with Gasteiger partial charge in [0.25, 0.3) is 0 Å². The molecule has 0 bridgehead atoms. The summed E-state index contributed by atoms with van der Waals surface area (Å²) in [5, 5.41) is 7.68. The van der Waals surface area contributed by atoms with Crippen molar-refractivity contribution in [2.45, 2.75) is 27.7 Å². The van der Waals surface area contributed by atoms with E-state index in [-0.39, 0.29) is 0 Å². The predicted octanol–water partition coefficient (Wildman–Crippen LogP) is 19.9. The fraction of sp³-hybridized carbons (Fsp3) is 0.0571. The van der Waals surface area contributed by atoms with Crippen LogP contribution in [0.1, 0.15) is 22.3 Å². The zero-order valence-corrected chi connectivity index (χ0v) is 40.8. The van der Waals surface area contributed by atoms with E-state index >= 15 is 0 Å². The number of fused-ring (bicyclic) bond motifs is 7. The van der Waals surface area contributed by atoms with Crippen LogP contribution in [0.2, 0.25) is 0 Å². The van der Waals surface area contributed by atoms with Crippen molar-refractivity contribution in [1.82, 2.24) is 0 Å². The smallest absolute Gasteiger partial charge is 0.0468 e. The maximum absolute atomic E-state index is 2.40. The zero-order chi connectivity index (χ0) is 48.2. The molecule has 340 valence electrons. The minimum Gasteiger partial charge on any atom is -0.310 e. The lowest BCUT2D eigenvalue weighted by molar-refractivity contribution is 1.27. The molecule has 2 aliphatic rings. The van der Waals surface area contributed by atoms with Gasteiger partial charge in [-0.05, 0) is 212 Å². The van der Waals surface area contributed by atoms with Gasteiger partial charge >= 0.3 is 0 Å². The molecule has 0 N–H and O–H groups in total. The fourth-order valence-corrected chi connectivity index (χ4v) is 11.7. The zero-order valence-electron chi connectivity index (χ0n) is 40.8. The molecule has 2 heteroatoms. The van der Waals surface area contributed by atoms with Crippen molar-refractivity contribution in [1.29, 1.82) is 0 Å². The molecular formula is C70H50N2. The van der Waals surface area contributed by atoms with Gasteiger partial charge in [-0.15, -0.1) is 0 Å². The second-order valence-electron chi connectivity index (χ2n) is 20.0. The van der Waals surface area contributed by atoms with Gasteiger partial charge in [0.05, 0.1) is 0 Å². The summed E-state index contributed by atoms with van der Waals surface area (Å²) in [6.45, 7) is 8.59. The van der Waals surface area contributed by atoms with E-state index in [1.54, 1.807) is 0 Å². The maximum Gasteiger partial charge on any atom is 0.0468 e. The van der Waals surface area contributed by atoms with Crippen LogP contribution in [-0.2, 0) is 0 Å². The lowest BCUT2D eigenvalue weighted by Crippen LogP contribution is -2.10. The van der Waals surface area contributed by atoms with Crippen LogP contribution in [0.3, 0.4) is 0 Å². The van der Waals surface area contributed by atoms with Crippen LogP contribution in [0.4, 0.5) is 34.1 Å². The third-order valence-corrected chi connectivity index (χ3v) is 15.4. The summed E-state index contributed by atoms with van der Waals surface area (Å²) in [5.74, 6) is 0. The predicted molar refractivity (Wildman–Crippen MR) is 307 cm³/mol. The molecule has 2 aliphatic carbocycles. The van der Waals surface area contributed by atoms with E-state index in [0.29, 0.717) is 0 Å². The van der Waals surface area contributed by atoms with Gasteiger partial charge in [0.15, 0.2) is 0 Å². The van der Waals surface area contributed by atoms with Crippen LogP contribution in [0.5, 0.6) is 0 Å². The summed E-state index contributed by atoms with van der Waals surface area (Å²) in [6, 6.07) is 86.5. The van der Waals surface area contributed by atoms with Crippen LogP contribution in [-0.4, -0.2) is 0 Å². The summed E-state index contributed by atoms with van der Waals surface area (Å²) in [5.41, 5.74) is 27.1. The van der Waals surface area contributed by atoms with Crippen LogP contribution in [0, 0.1) is 27.7 Å². The Hall–Kier alpha value is -8.98. The SMILES string of the molecule is Cc1ccc(N(c2ccc(C)cc2)c2ccc3c(c2)-c2cccc4c(-c5ccc6ccc(-c7ccc8c9c(cccc79)-c7cc(N(c9ccc(C)cc9)c9ccc(C)cc9)ccc7-8)cc6c5)ccc-3c24)cc1. The van der Waals surface area contributed by atoms with E-state index in [1.165, 1.54) is 121 Å². The summed E-state index contributed by atoms with van der Waals surface area (Å²) >= 11 is 0. The molecule has 12 aromatic rings. The van der Waals surface area contributed by atoms with Gasteiger partial charge in [-0.25, -0.2) is 0 Å². The molecule has 0 radical (unpaired) electrons. The van der Waals surface area contributed by atoms with Gasteiger partial charge in [-0.3, -0.25) is 0 Å². The molecule has 72 heavy (non-hydrogen) atoms. The van der Waals surface area contributed by atoms with Crippen molar-refractivity contribution < 1.29 is 0 Å². The quantitative estimate of drug-likeness (QED) is 0.150. The van der Waals surface area contributed by atoms with Crippen LogP contribution >= 0.6 is 0 Å². The molecule has 0 fully saturated rings. The Labute approximate surface area is 421 Å². The summed E-state index contributed by atoms with van der Waals surface area (Å²) in [4.78, 5) is 4.76. The monoisotopic (exact) mass is 918 g/mol. The van der Waals surface area contributed by atoms with Crippen LogP contribution in [0.15, 0.2) is 231 Å². The van der Waals surface area contributed by atoms with Crippen molar-refractivity contribution >= 4 is 66.4 Å². The van der Waals surface area contributed by atoms with Gasteiger partial charge in [0.2, 0.25) is 0 Å². The Morgan fingerprint density at radius 3 is 0.917 bits per heavy atom. The highest BCUT2D eigenvalue weighted by molar-refractivity contribution is 6.21. The van der Waals surface area contributed by atoms with Crippen molar-refractivity contribution in [2.24, 2.45) is 0 Å². The average molecular weight is 919 g/mol. The highest BCUT2D eigenvalue weighted by Gasteiger charge is 2.27. The fourth-order valence-electron chi connectivity index (χ4n) is 11.7. The Balaban J connectivity index is 0.828. The average Bonchev–Trinajstić information content (AvgIpc) is 3.91. The Bertz CT molecular complexity index is 3800. The first-order chi connectivity index (χ1) is 35.3. The molecule has 0 aromatic heterocycles. The standard InChI is InChI=1S/C70H50N2/c1-43-11-23-51(24-12-43)71(52-25-13-44(2)14-26-52)55-31-33-59-65-37-35-57(61-7-5-9-63(69(61)65)67(59)41-55)48-21-19-47-20-22-49(40-50(47)39-48)58-36-38-66-60-34-32-56(42-68(60)64-10-6-8-62(58)70(64)66)72(53-27-15-45(3)16-28-53)54-29-17-46(4)18-30-54/h5-42H,1-4H3. The minimum absolute atomic E-state index is 1.15. The lowest BCUT2D eigenvalue weighted by atomic mass is 9.91. The largest absolute Gasteiger partial charge is 0.310 e. The molecule has 2 nitrogen and oxygen atoms in total. The third-order valence-electron chi connectivity index (χ3n) is 15.4. The van der Waals surface area contributed by atoms with Gasteiger partial charge < -0.3 is 9.80 Å². The highest BCUT2D eigenvalue weighted by Crippen LogP contribution is 2.53. The summed E-state index contributed by atoms with van der Waals surface area (Å²) in [6.07, 6.45) is 0. The van der Waals surface area contributed by atoms with Gasteiger partial charge in [-0.2, -0.15) is 0 Å². The molecule has 0 aliphatic heterocycles. The molecule has 0 unspecified atom stereocenters. The topological polar surface area (TPSA) is 6.48 Å². The van der Waals surface area contributed by atoms with Gasteiger partial charge in [0.1, 0.15) is 0 Å². The van der Waals surface area contributed by atoms with E-state index in [9.17, 15) is 0 Å². The van der Waals surface area contributed by atoms with Crippen LogP contribution in [0.25, 0.3) is 99.1 Å². The minimum atomic E-state index is 1.15. The van der Waals surface area contributed by atoms with Gasteiger partial charge in [-0.1, -0.05) is 168 Å². The molecule has 14 rings (SSSR count). The Kier molecular flexibility index (Phi) is 9.50. The molecule has 0 amide bonds. The number of benzene rings is 12. The number of rotatable bonds is 8. The first kappa shape index (κ1) is 41.9. The number of anilines is 6. The molecule has 12 aromatic carbocycles. The summed E-state index contributed by atoms with van der Waals surface area (Å²) < 4.78 is 0. The third kappa shape index (κ3) is 6.71. The number of nitrogens with zero attached hydrogens (tertiary/aromatic N) is 2. The van der Waals surface area contributed by atoms with Crippen molar-refractivity contribution in [3.8, 4) is 66.8 Å². The second kappa shape index (κ2) is 16.3. The second-order valence-corrected chi connectivity index (χ2v) is 20.0. The normalized spacial score (nSPS) is 11.9. The van der Waals surface area contributed by atoms with Crippen molar-refractivity contribution in [3.63, 3.8) is 0 Å². The Morgan fingerprint density at radius 2 is 0.542 bits per heavy atom. The highest BCUT2D eigenvalue weighted by atomic mass is 15.1. The van der Waals surface area contributed by atoms with E-state index in [4.69, 9.17) is 0 Å². The molecule has 0 saturated heterocycles. The van der Waals surface area contributed by atoms with Crippen molar-refractivity contribution in [2.75, 3.05) is 9.80 Å². The maximum atomic E-state index is 2.40. The molecule has 0 spiro atoms. The van der Waals surface area contributed by atoms with Crippen molar-refractivity contribution in [3.05, 3.63) is 253 Å². The summed E-state index contributed by atoms with van der Waals surface area (Å²) in [7, 11) is 0. The number of hydrogen-bond acceptors (Lipinski definition) is 2. The first-order valence-corrected chi connectivity index (χ1v) is 25.1. The molecular weight excluding hydrogens is 869 g/mol. The number of hydrogen-bond donors (Lipinski definition) is 0. The van der Waals surface area contributed by atoms with E-state index in [1.807, 2.05) is 0 Å². The molecule has 0 saturated carbocycles.